The van der Waals surface area contributed by atoms with E-state index in [9.17, 15) is 4.79 Å². The number of rotatable bonds is 5. The smallest absolute Gasteiger partial charge is 0.319 e. The molecule has 0 saturated heterocycles. The number of aromatic nitrogens is 2. The zero-order valence-corrected chi connectivity index (χ0v) is 11.9. The maximum absolute atomic E-state index is 11.6. The van der Waals surface area contributed by atoms with E-state index in [0.717, 1.165) is 23.1 Å². The lowest BCUT2D eigenvalue weighted by Crippen LogP contribution is -2.30. The number of carbonyl (C=O) groups excluding carboxylic acids is 1. The highest BCUT2D eigenvalue weighted by Crippen LogP contribution is 2.13. The van der Waals surface area contributed by atoms with E-state index in [1.165, 1.54) is 0 Å². The molecule has 1 aromatic carbocycles. The molecule has 5 nitrogen and oxygen atoms in total. The van der Waals surface area contributed by atoms with Gasteiger partial charge in [-0.25, -0.2) is 4.79 Å². The van der Waals surface area contributed by atoms with Crippen LogP contribution in [-0.2, 0) is 6.54 Å². The summed E-state index contributed by atoms with van der Waals surface area (Å²) in [5.41, 5.74) is 0.771. The molecule has 2 aromatic rings. The van der Waals surface area contributed by atoms with Gasteiger partial charge in [-0.3, -0.25) is 4.68 Å². The fraction of sp³-hybridized carbons (Fsp3) is 0.231. The molecule has 0 bridgehead atoms. The molecule has 0 atom stereocenters. The summed E-state index contributed by atoms with van der Waals surface area (Å²) in [6.45, 7) is 1.41. The maximum atomic E-state index is 11.6. The van der Waals surface area contributed by atoms with E-state index in [4.69, 9.17) is 0 Å². The number of urea groups is 1. The van der Waals surface area contributed by atoms with Gasteiger partial charge in [0.05, 0.1) is 0 Å². The molecule has 2 N–H and O–H groups in total. The van der Waals surface area contributed by atoms with E-state index >= 15 is 0 Å². The Morgan fingerprint density at radius 2 is 2.11 bits per heavy atom. The van der Waals surface area contributed by atoms with Crippen LogP contribution in [0, 0.1) is 0 Å². The molecule has 0 unspecified atom stereocenters. The molecule has 100 valence electrons. The lowest BCUT2D eigenvalue weighted by molar-refractivity contribution is 0.251. The fourth-order valence-corrected chi connectivity index (χ4v) is 1.85. The van der Waals surface area contributed by atoms with Crippen molar-refractivity contribution in [2.24, 2.45) is 0 Å². The van der Waals surface area contributed by atoms with Gasteiger partial charge in [-0.15, -0.1) is 0 Å². The molecule has 2 amide bonds. The van der Waals surface area contributed by atoms with E-state index in [1.807, 2.05) is 41.2 Å². The quantitative estimate of drug-likeness (QED) is 0.831. The number of nitrogens with zero attached hydrogens (tertiary/aromatic N) is 2. The van der Waals surface area contributed by atoms with Gasteiger partial charge < -0.3 is 10.6 Å². The molecule has 0 spiro atoms. The maximum Gasteiger partial charge on any atom is 0.319 e. The minimum atomic E-state index is -0.192. The first-order valence-electron chi connectivity index (χ1n) is 6.02. The summed E-state index contributed by atoms with van der Waals surface area (Å²) in [7, 11) is 0. The van der Waals surface area contributed by atoms with E-state index in [-0.39, 0.29) is 6.03 Å². The first-order chi connectivity index (χ1) is 9.24. The molecule has 19 heavy (non-hydrogen) atoms. The Kier molecular flexibility index (Phi) is 4.97. The zero-order chi connectivity index (χ0) is 13.5. The monoisotopic (exact) mass is 322 g/mol. The van der Waals surface area contributed by atoms with Gasteiger partial charge in [-0.1, -0.05) is 15.9 Å². The lowest BCUT2D eigenvalue weighted by Gasteiger charge is -2.07. The van der Waals surface area contributed by atoms with Crippen molar-refractivity contribution in [3.63, 3.8) is 0 Å². The third-order valence-electron chi connectivity index (χ3n) is 2.51. The van der Waals surface area contributed by atoms with E-state index in [1.54, 1.807) is 6.20 Å². The van der Waals surface area contributed by atoms with Crippen LogP contribution in [0.4, 0.5) is 10.5 Å². The Morgan fingerprint density at radius 1 is 1.32 bits per heavy atom. The van der Waals surface area contributed by atoms with Crippen LogP contribution in [-0.4, -0.2) is 22.4 Å². The minimum Gasteiger partial charge on any atom is -0.338 e. The second-order valence-corrected chi connectivity index (χ2v) is 4.93. The molecular weight excluding hydrogens is 308 g/mol. The molecule has 0 fully saturated rings. The third-order valence-corrected chi connectivity index (χ3v) is 3.04. The topological polar surface area (TPSA) is 59.0 Å². The Balaban J connectivity index is 1.65. The number of nitrogens with one attached hydrogen (secondary N) is 2. The summed E-state index contributed by atoms with van der Waals surface area (Å²) < 4.78 is 2.83. The lowest BCUT2D eigenvalue weighted by atomic mass is 10.3. The zero-order valence-electron chi connectivity index (χ0n) is 10.3. The Morgan fingerprint density at radius 3 is 2.79 bits per heavy atom. The van der Waals surface area contributed by atoms with Gasteiger partial charge in [0.25, 0.3) is 0 Å². The normalized spacial score (nSPS) is 10.2. The van der Waals surface area contributed by atoms with Crippen LogP contribution in [0.1, 0.15) is 6.42 Å². The molecule has 0 radical (unpaired) electrons. The Labute approximate surface area is 120 Å². The van der Waals surface area contributed by atoms with Crippen molar-refractivity contribution in [2.45, 2.75) is 13.0 Å². The average molecular weight is 323 g/mol. The summed E-state index contributed by atoms with van der Waals surface area (Å²) in [5, 5.41) is 9.67. The van der Waals surface area contributed by atoms with Crippen LogP contribution < -0.4 is 10.6 Å². The first-order valence-corrected chi connectivity index (χ1v) is 6.81. The highest BCUT2D eigenvalue weighted by atomic mass is 79.9. The highest BCUT2D eigenvalue weighted by molar-refractivity contribution is 9.10. The van der Waals surface area contributed by atoms with E-state index in [2.05, 4.69) is 31.7 Å². The van der Waals surface area contributed by atoms with Crippen molar-refractivity contribution < 1.29 is 4.79 Å². The van der Waals surface area contributed by atoms with Crippen LogP contribution in [0.3, 0.4) is 0 Å². The molecular formula is C13H15BrN4O. The van der Waals surface area contributed by atoms with Gasteiger partial charge in [0.1, 0.15) is 0 Å². The van der Waals surface area contributed by atoms with Crippen LogP contribution >= 0.6 is 15.9 Å². The highest BCUT2D eigenvalue weighted by Gasteiger charge is 2.00. The number of carbonyl (C=O) groups is 1. The van der Waals surface area contributed by atoms with Gasteiger partial charge in [-0.05, 0) is 36.8 Å². The average Bonchev–Trinajstić information content (AvgIpc) is 2.91. The summed E-state index contributed by atoms with van der Waals surface area (Å²) >= 11 is 3.35. The predicted octanol–water partition coefficient (Wildman–Crippen LogP) is 2.86. The number of aryl methyl sites for hydroxylation is 1. The van der Waals surface area contributed by atoms with Gasteiger partial charge in [0.2, 0.25) is 0 Å². The van der Waals surface area contributed by atoms with Crippen LogP contribution in [0.25, 0.3) is 0 Å². The molecule has 2 rings (SSSR count). The SMILES string of the molecule is O=C(NCCCn1cccn1)Nc1ccc(Br)cc1. The number of hydrogen-bond donors (Lipinski definition) is 2. The van der Waals surface area contributed by atoms with Crippen molar-refractivity contribution in [3.05, 3.63) is 47.2 Å². The van der Waals surface area contributed by atoms with Crippen LogP contribution in [0.5, 0.6) is 0 Å². The molecule has 0 aliphatic heterocycles. The van der Waals surface area contributed by atoms with E-state index in [0.29, 0.717) is 6.54 Å². The number of benzene rings is 1. The number of amides is 2. The summed E-state index contributed by atoms with van der Waals surface area (Å²) in [6.07, 6.45) is 4.49. The molecule has 1 heterocycles. The van der Waals surface area contributed by atoms with Crippen molar-refractivity contribution in [2.75, 3.05) is 11.9 Å². The summed E-state index contributed by atoms with van der Waals surface area (Å²) in [6, 6.07) is 9.14. The standard InChI is InChI=1S/C13H15BrN4O/c14-11-3-5-12(6-4-11)17-13(19)15-7-1-9-18-10-2-8-16-18/h2-6,8,10H,1,7,9H2,(H2,15,17,19). The van der Waals surface area contributed by atoms with Gasteiger partial charge in [0, 0.05) is 35.6 Å². The second-order valence-electron chi connectivity index (χ2n) is 4.01. The Hall–Kier alpha value is -1.82. The van der Waals surface area contributed by atoms with Gasteiger partial charge >= 0.3 is 6.03 Å². The fourth-order valence-electron chi connectivity index (χ4n) is 1.58. The molecule has 6 heteroatoms. The molecule has 1 aromatic heterocycles. The summed E-state index contributed by atoms with van der Waals surface area (Å²) in [5.74, 6) is 0. The molecule has 0 saturated carbocycles. The Bertz CT molecular complexity index is 510. The second kappa shape index (κ2) is 6.94. The summed E-state index contributed by atoms with van der Waals surface area (Å²) in [4.78, 5) is 11.6. The van der Waals surface area contributed by atoms with Crippen molar-refractivity contribution >= 4 is 27.6 Å². The van der Waals surface area contributed by atoms with Gasteiger partial charge in [0.15, 0.2) is 0 Å². The first kappa shape index (κ1) is 13.6. The number of anilines is 1. The van der Waals surface area contributed by atoms with Crippen LogP contribution in [0.2, 0.25) is 0 Å². The van der Waals surface area contributed by atoms with Crippen molar-refractivity contribution in [3.8, 4) is 0 Å². The van der Waals surface area contributed by atoms with Gasteiger partial charge in [-0.2, -0.15) is 5.10 Å². The van der Waals surface area contributed by atoms with Crippen LogP contribution in [0.15, 0.2) is 47.2 Å². The van der Waals surface area contributed by atoms with E-state index < -0.39 is 0 Å². The predicted molar refractivity (Wildman–Crippen MR) is 78.0 cm³/mol. The largest absolute Gasteiger partial charge is 0.338 e. The third kappa shape index (κ3) is 4.75. The molecule has 0 aliphatic rings. The van der Waals surface area contributed by atoms with Crippen molar-refractivity contribution in [1.29, 1.82) is 0 Å². The number of hydrogen-bond acceptors (Lipinski definition) is 2. The minimum absolute atomic E-state index is 0.192. The molecule has 0 aliphatic carbocycles. The van der Waals surface area contributed by atoms with Crippen molar-refractivity contribution in [1.82, 2.24) is 15.1 Å². The number of halogens is 1.